The average Bonchev–Trinajstić information content (AvgIpc) is 2.46. The lowest BCUT2D eigenvalue weighted by Gasteiger charge is -2.06. The summed E-state index contributed by atoms with van der Waals surface area (Å²) in [5, 5.41) is 0.986. The van der Waals surface area contributed by atoms with Crippen molar-refractivity contribution in [3.05, 3.63) is 53.5 Å². The van der Waals surface area contributed by atoms with Crippen LogP contribution in [0.15, 0.2) is 47.9 Å². The molecule has 1 amide bonds. The zero-order valence-electron chi connectivity index (χ0n) is 12.2. The summed E-state index contributed by atoms with van der Waals surface area (Å²) in [6.07, 6.45) is 4.82. The molecule has 0 radical (unpaired) electrons. The van der Waals surface area contributed by atoms with Gasteiger partial charge in [0.25, 0.3) is 15.9 Å². The Balaban J connectivity index is 2.58. The highest BCUT2D eigenvalue weighted by Gasteiger charge is 2.13. The molecular weight excluding hydrogens is 286 g/mol. The average molecular weight is 307 g/mol. The van der Waals surface area contributed by atoms with E-state index in [-0.39, 0.29) is 0 Å². The smallest absolute Gasteiger partial charge is 0.260 e. The van der Waals surface area contributed by atoms with E-state index >= 15 is 0 Å². The van der Waals surface area contributed by atoms with Crippen LogP contribution in [0.2, 0.25) is 0 Å². The molecule has 21 heavy (non-hydrogen) atoms. The van der Waals surface area contributed by atoms with Gasteiger partial charge in [-0.25, -0.2) is 13.1 Å². The SMILES string of the molecule is C=C(CCCCC)C(=O)NS(=O)(=O)/C=C/c1ccccc1. The van der Waals surface area contributed by atoms with E-state index in [9.17, 15) is 13.2 Å². The highest BCUT2D eigenvalue weighted by molar-refractivity contribution is 7.93. The number of hydrogen-bond donors (Lipinski definition) is 1. The van der Waals surface area contributed by atoms with Crippen molar-refractivity contribution in [1.29, 1.82) is 0 Å². The topological polar surface area (TPSA) is 63.2 Å². The quantitative estimate of drug-likeness (QED) is 0.592. The van der Waals surface area contributed by atoms with Crippen molar-refractivity contribution in [2.75, 3.05) is 0 Å². The molecule has 4 nitrogen and oxygen atoms in total. The number of amides is 1. The van der Waals surface area contributed by atoms with Gasteiger partial charge in [0, 0.05) is 5.57 Å². The number of sulfonamides is 1. The predicted octanol–water partition coefficient (Wildman–Crippen LogP) is 3.24. The lowest BCUT2D eigenvalue weighted by atomic mass is 10.1. The third-order valence-corrected chi connectivity index (χ3v) is 3.84. The van der Waals surface area contributed by atoms with Crippen LogP contribution in [-0.4, -0.2) is 14.3 Å². The summed E-state index contributed by atoms with van der Waals surface area (Å²) in [7, 11) is -3.80. The van der Waals surface area contributed by atoms with Crippen molar-refractivity contribution in [3.8, 4) is 0 Å². The molecule has 1 N–H and O–H groups in total. The molecule has 0 saturated carbocycles. The van der Waals surface area contributed by atoms with E-state index in [0.29, 0.717) is 12.0 Å². The Bertz CT molecular complexity index is 604. The van der Waals surface area contributed by atoms with Crippen LogP contribution < -0.4 is 4.72 Å². The van der Waals surface area contributed by atoms with E-state index in [1.165, 1.54) is 6.08 Å². The molecule has 0 aliphatic carbocycles. The minimum absolute atomic E-state index is 0.292. The van der Waals surface area contributed by atoms with Crippen molar-refractivity contribution < 1.29 is 13.2 Å². The van der Waals surface area contributed by atoms with Crippen LogP contribution in [0.1, 0.15) is 38.2 Å². The van der Waals surface area contributed by atoms with Crippen LogP contribution in [0.25, 0.3) is 6.08 Å². The first-order chi connectivity index (χ1) is 9.94. The van der Waals surface area contributed by atoms with E-state index in [0.717, 1.165) is 30.2 Å². The van der Waals surface area contributed by atoms with Gasteiger partial charge >= 0.3 is 0 Å². The number of carbonyl (C=O) groups is 1. The molecule has 1 rings (SSSR count). The molecule has 0 aromatic heterocycles. The Morgan fingerprint density at radius 3 is 2.52 bits per heavy atom. The molecule has 0 aliphatic rings. The number of carbonyl (C=O) groups excluding carboxylic acids is 1. The maximum absolute atomic E-state index is 11.8. The zero-order valence-corrected chi connectivity index (χ0v) is 13.0. The summed E-state index contributed by atoms with van der Waals surface area (Å²) in [5.74, 6) is -0.635. The Morgan fingerprint density at radius 1 is 1.24 bits per heavy atom. The minimum atomic E-state index is -3.80. The fraction of sp³-hybridized carbons (Fsp3) is 0.312. The lowest BCUT2D eigenvalue weighted by molar-refractivity contribution is -0.115. The second-order valence-corrected chi connectivity index (χ2v) is 6.32. The predicted molar refractivity (Wildman–Crippen MR) is 85.8 cm³/mol. The molecule has 0 aliphatic heterocycles. The van der Waals surface area contributed by atoms with Crippen LogP contribution in [0, 0.1) is 0 Å². The first-order valence-corrected chi connectivity index (χ1v) is 8.47. The molecule has 0 atom stereocenters. The van der Waals surface area contributed by atoms with Crippen molar-refractivity contribution in [3.63, 3.8) is 0 Å². The van der Waals surface area contributed by atoms with Crippen LogP contribution in [0.5, 0.6) is 0 Å². The van der Waals surface area contributed by atoms with E-state index in [2.05, 4.69) is 13.5 Å². The third-order valence-electron chi connectivity index (χ3n) is 2.88. The minimum Gasteiger partial charge on any atom is -0.269 e. The molecule has 0 saturated heterocycles. The summed E-state index contributed by atoms with van der Waals surface area (Å²) in [6, 6.07) is 9.00. The Hall–Kier alpha value is -1.88. The van der Waals surface area contributed by atoms with Crippen LogP contribution >= 0.6 is 0 Å². The van der Waals surface area contributed by atoms with Gasteiger partial charge in [0.2, 0.25) is 0 Å². The lowest BCUT2D eigenvalue weighted by Crippen LogP contribution is -2.29. The monoisotopic (exact) mass is 307 g/mol. The Labute approximate surface area is 126 Å². The fourth-order valence-corrected chi connectivity index (χ4v) is 2.48. The molecule has 114 valence electrons. The number of unbranched alkanes of at least 4 members (excludes halogenated alkanes) is 2. The van der Waals surface area contributed by atoms with E-state index < -0.39 is 15.9 Å². The van der Waals surface area contributed by atoms with Crippen LogP contribution in [-0.2, 0) is 14.8 Å². The summed E-state index contributed by atoms with van der Waals surface area (Å²) in [6.45, 7) is 5.69. The Morgan fingerprint density at radius 2 is 1.90 bits per heavy atom. The molecule has 0 fully saturated rings. The normalized spacial score (nSPS) is 11.5. The van der Waals surface area contributed by atoms with Gasteiger partial charge in [-0.3, -0.25) is 4.79 Å². The van der Waals surface area contributed by atoms with Gasteiger partial charge in [-0.2, -0.15) is 0 Å². The highest BCUT2D eigenvalue weighted by Crippen LogP contribution is 2.08. The third kappa shape index (κ3) is 6.90. The second kappa shape index (κ2) is 8.42. The molecule has 1 aromatic carbocycles. The van der Waals surface area contributed by atoms with Crippen molar-refractivity contribution in [1.82, 2.24) is 4.72 Å². The number of nitrogens with one attached hydrogen (secondary N) is 1. The highest BCUT2D eigenvalue weighted by atomic mass is 32.2. The van der Waals surface area contributed by atoms with Gasteiger partial charge in [0.15, 0.2) is 0 Å². The summed E-state index contributed by atoms with van der Waals surface area (Å²) >= 11 is 0. The molecule has 1 aromatic rings. The van der Waals surface area contributed by atoms with Gasteiger partial charge in [0.1, 0.15) is 0 Å². The van der Waals surface area contributed by atoms with Crippen molar-refractivity contribution in [2.45, 2.75) is 32.6 Å². The molecule has 0 bridgehead atoms. The second-order valence-electron chi connectivity index (χ2n) is 4.75. The van der Waals surface area contributed by atoms with Crippen molar-refractivity contribution in [2.24, 2.45) is 0 Å². The standard InChI is InChI=1S/C16H21NO3S/c1-3-4-6-9-14(2)16(18)17-21(19,20)13-12-15-10-7-5-8-11-15/h5,7-8,10-13H,2-4,6,9H2,1H3,(H,17,18)/b13-12+. The van der Waals surface area contributed by atoms with Gasteiger partial charge in [-0.1, -0.05) is 56.7 Å². The number of benzene rings is 1. The summed E-state index contributed by atoms with van der Waals surface area (Å²) < 4.78 is 25.6. The first-order valence-electron chi connectivity index (χ1n) is 6.92. The van der Waals surface area contributed by atoms with Gasteiger partial charge < -0.3 is 0 Å². The maximum atomic E-state index is 11.8. The molecule has 0 spiro atoms. The molecule has 0 unspecified atom stereocenters. The van der Waals surface area contributed by atoms with Gasteiger partial charge in [-0.15, -0.1) is 0 Å². The van der Waals surface area contributed by atoms with Crippen LogP contribution in [0.3, 0.4) is 0 Å². The van der Waals surface area contributed by atoms with Gasteiger partial charge in [-0.05, 0) is 24.5 Å². The fourth-order valence-electron chi connectivity index (χ4n) is 1.67. The van der Waals surface area contributed by atoms with Crippen molar-refractivity contribution >= 4 is 22.0 Å². The first kappa shape index (κ1) is 17.2. The summed E-state index contributed by atoms with van der Waals surface area (Å²) in [4.78, 5) is 11.7. The van der Waals surface area contributed by atoms with Crippen LogP contribution in [0.4, 0.5) is 0 Å². The largest absolute Gasteiger partial charge is 0.269 e. The maximum Gasteiger partial charge on any atom is 0.260 e. The van der Waals surface area contributed by atoms with E-state index in [4.69, 9.17) is 0 Å². The summed E-state index contributed by atoms with van der Waals surface area (Å²) in [5.41, 5.74) is 1.04. The molecule has 0 heterocycles. The number of hydrogen-bond acceptors (Lipinski definition) is 3. The van der Waals surface area contributed by atoms with E-state index in [1.54, 1.807) is 24.3 Å². The van der Waals surface area contributed by atoms with E-state index in [1.807, 2.05) is 10.8 Å². The molecule has 5 heteroatoms. The zero-order chi connectivity index (χ0) is 15.7. The molecular formula is C16H21NO3S. The number of rotatable bonds is 8. The van der Waals surface area contributed by atoms with Gasteiger partial charge in [0.05, 0.1) is 5.41 Å². The Kier molecular flexibility index (Phi) is 6.88.